The van der Waals surface area contributed by atoms with Crippen molar-refractivity contribution in [1.82, 2.24) is 5.43 Å². The van der Waals surface area contributed by atoms with E-state index in [0.29, 0.717) is 12.3 Å². The highest BCUT2D eigenvalue weighted by molar-refractivity contribution is 5.88. The van der Waals surface area contributed by atoms with Gasteiger partial charge in [-0.3, -0.25) is 4.79 Å². The van der Waals surface area contributed by atoms with Gasteiger partial charge in [-0.05, 0) is 31.6 Å². The Kier molecular flexibility index (Phi) is 5.37. The van der Waals surface area contributed by atoms with E-state index in [1.165, 1.54) is 25.0 Å². The smallest absolute Gasteiger partial charge is 0.240 e. The number of unbranched alkanes of at least 4 members (excludes halogenated alkanes) is 1. The van der Waals surface area contributed by atoms with Crippen molar-refractivity contribution in [1.29, 1.82) is 0 Å². The van der Waals surface area contributed by atoms with Gasteiger partial charge in [0.1, 0.15) is 0 Å². The molecule has 0 aromatic carbocycles. The largest absolute Gasteiger partial charge is 0.273 e. The van der Waals surface area contributed by atoms with Crippen LogP contribution in [0.15, 0.2) is 5.10 Å². The summed E-state index contributed by atoms with van der Waals surface area (Å²) in [6.07, 6.45) is 7.38. The van der Waals surface area contributed by atoms with Gasteiger partial charge in [-0.15, -0.1) is 0 Å². The Morgan fingerprint density at radius 3 is 3.00 bits per heavy atom. The zero-order chi connectivity index (χ0) is 11.1. The van der Waals surface area contributed by atoms with Crippen molar-refractivity contribution in [3.63, 3.8) is 0 Å². The number of hydrogen-bond acceptors (Lipinski definition) is 2. The van der Waals surface area contributed by atoms with Gasteiger partial charge in [0.2, 0.25) is 5.91 Å². The van der Waals surface area contributed by atoms with Crippen LogP contribution in [0, 0.1) is 5.92 Å². The summed E-state index contributed by atoms with van der Waals surface area (Å²) >= 11 is 0. The van der Waals surface area contributed by atoms with Crippen LogP contribution in [-0.2, 0) is 4.79 Å². The van der Waals surface area contributed by atoms with E-state index in [1.807, 2.05) is 0 Å². The summed E-state index contributed by atoms with van der Waals surface area (Å²) in [6, 6.07) is 0. The number of hydrogen-bond donors (Lipinski definition) is 1. The highest BCUT2D eigenvalue weighted by atomic mass is 16.2. The van der Waals surface area contributed by atoms with E-state index in [4.69, 9.17) is 0 Å². The van der Waals surface area contributed by atoms with Gasteiger partial charge in [-0.1, -0.05) is 26.7 Å². The Morgan fingerprint density at radius 2 is 2.33 bits per heavy atom. The number of hydrazone groups is 1. The molecule has 0 heterocycles. The molecule has 0 aromatic heterocycles. The molecule has 1 fully saturated rings. The molecule has 0 saturated heterocycles. The summed E-state index contributed by atoms with van der Waals surface area (Å²) in [6.45, 7) is 4.28. The highest BCUT2D eigenvalue weighted by Gasteiger charge is 2.15. The molecule has 0 bridgehead atoms. The molecule has 86 valence electrons. The lowest BCUT2D eigenvalue weighted by molar-refractivity contribution is -0.121. The third-order valence-corrected chi connectivity index (χ3v) is 2.97. The van der Waals surface area contributed by atoms with Crippen LogP contribution in [0.5, 0.6) is 0 Å². The lowest BCUT2D eigenvalue weighted by Crippen LogP contribution is -2.24. The summed E-state index contributed by atoms with van der Waals surface area (Å²) < 4.78 is 0. The van der Waals surface area contributed by atoms with E-state index < -0.39 is 0 Å². The Labute approximate surface area is 92.3 Å². The Morgan fingerprint density at radius 1 is 1.53 bits per heavy atom. The first-order chi connectivity index (χ1) is 7.24. The van der Waals surface area contributed by atoms with E-state index in [0.717, 1.165) is 19.3 Å². The predicted molar refractivity (Wildman–Crippen MR) is 62.7 cm³/mol. The molecule has 0 spiro atoms. The zero-order valence-corrected chi connectivity index (χ0v) is 9.88. The molecule has 1 amide bonds. The fourth-order valence-corrected chi connectivity index (χ4v) is 1.86. The summed E-state index contributed by atoms with van der Waals surface area (Å²) in [5.74, 6) is 0.604. The molecule has 15 heavy (non-hydrogen) atoms. The standard InChI is InChI=1S/C12H22N2O/c1-3-4-9-12(15)14-13-11-8-6-5-7-10(11)2/h10H,3-9H2,1-2H3,(H,14,15)/b13-11-/t10-/m1/s1. The third kappa shape index (κ3) is 4.45. The first kappa shape index (κ1) is 12.2. The van der Waals surface area contributed by atoms with Crippen LogP contribution < -0.4 is 5.43 Å². The summed E-state index contributed by atoms with van der Waals surface area (Å²) in [7, 11) is 0. The second-order valence-electron chi connectivity index (χ2n) is 4.39. The predicted octanol–water partition coefficient (Wildman–Crippen LogP) is 2.86. The molecule has 0 aliphatic heterocycles. The Bertz CT molecular complexity index is 236. The second kappa shape index (κ2) is 6.59. The number of nitrogens with one attached hydrogen (secondary N) is 1. The average molecular weight is 210 g/mol. The zero-order valence-electron chi connectivity index (χ0n) is 9.88. The third-order valence-electron chi connectivity index (χ3n) is 2.97. The minimum atomic E-state index is 0.0575. The molecule has 1 saturated carbocycles. The fraction of sp³-hybridized carbons (Fsp3) is 0.833. The van der Waals surface area contributed by atoms with Crippen LogP contribution in [0.2, 0.25) is 0 Å². The van der Waals surface area contributed by atoms with Crippen LogP contribution in [0.4, 0.5) is 0 Å². The topological polar surface area (TPSA) is 41.5 Å². The molecular weight excluding hydrogens is 188 g/mol. The van der Waals surface area contributed by atoms with Crippen LogP contribution >= 0.6 is 0 Å². The summed E-state index contributed by atoms with van der Waals surface area (Å²) in [5.41, 5.74) is 3.84. The normalized spacial score (nSPS) is 24.1. The maximum absolute atomic E-state index is 11.3. The molecule has 1 atom stereocenters. The van der Waals surface area contributed by atoms with Crippen LogP contribution in [0.25, 0.3) is 0 Å². The van der Waals surface area contributed by atoms with Crippen molar-refractivity contribution < 1.29 is 4.79 Å². The molecule has 0 radical (unpaired) electrons. The molecule has 0 unspecified atom stereocenters. The first-order valence-corrected chi connectivity index (χ1v) is 6.09. The van der Waals surface area contributed by atoms with Crippen molar-refractivity contribution in [2.45, 2.75) is 58.8 Å². The van der Waals surface area contributed by atoms with Gasteiger partial charge in [-0.25, -0.2) is 5.43 Å². The molecule has 3 heteroatoms. The molecule has 1 aliphatic rings. The summed E-state index contributed by atoms with van der Waals surface area (Å²) in [4.78, 5) is 11.3. The van der Waals surface area contributed by atoms with Gasteiger partial charge < -0.3 is 0 Å². The molecule has 1 rings (SSSR count). The maximum atomic E-state index is 11.3. The lowest BCUT2D eigenvalue weighted by Gasteiger charge is -2.19. The fourth-order valence-electron chi connectivity index (χ4n) is 1.86. The number of carbonyl (C=O) groups excluding carboxylic acids is 1. The van der Waals surface area contributed by atoms with Crippen LogP contribution in [-0.4, -0.2) is 11.6 Å². The van der Waals surface area contributed by atoms with Gasteiger partial charge in [0.25, 0.3) is 0 Å². The van der Waals surface area contributed by atoms with E-state index >= 15 is 0 Å². The minimum Gasteiger partial charge on any atom is -0.273 e. The number of amides is 1. The van der Waals surface area contributed by atoms with Crippen molar-refractivity contribution in [2.75, 3.05) is 0 Å². The van der Waals surface area contributed by atoms with Crippen LogP contribution in [0.3, 0.4) is 0 Å². The van der Waals surface area contributed by atoms with Gasteiger partial charge in [0.15, 0.2) is 0 Å². The maximum Gasteiger partial charge on any atom is 0.240 e. The van der Waals surface area contributed by atoms with Crippen molar-refractivity contribution in [3.8, 4) is 0 Å². The molecule has 1 N–H and O–H groups in total. The van der Waals surface area contributed by atoms with Gasteiger partial charge in [-0.2, -0.15) is 5.10 Å². The highest BCUT2D eigenvalue weighted by Crippen LogP contribution is 2.20. The Hall–Kier alpha value is -0.860. The molecule has 3 nitrogen and oxygen atoms in total. The number of rotatable bonds is 4. The van der Waals surface area contributed by atoms with Crippen LogP contribution in [0.1, 0.15) is 58.8 Å². The summed E-state index contributed by atoms with van der Waals surface area (Å²) in [5, 5.41) is 4.23. The first-order valence-electron chi connectivity index (χ1n) is 6.09. The Balaban J connectivity index is 2.31. The SMILES string of the molecule is CCCCC(=O)N/N=C1/CCCC[C@H]1C. The van der Waals surface area contributed by atoms with E-state index in [9.17, 15) is 4.79 Å². The van der Waals surface area contributed by atoms with E-state index in [1.54, 1.807) is 0 Å². The minimum absolute atomic E-state index is 0.0575. The molecule has 0 aromatic rings. The quantitative estimate of drug-likeness (QED) is 0.712. The van der Waals surface area contributed by atoms with E-state index in [-0.39, 0.29) is 5.91 Å². The van der Waals surface area contributed by atoms with Gasteiger partial charge in [0, 0.05) is 12.1 Å². The molecule has 1 aliphatic carbocycles. The second-order valence-corrected chi connectivity index (χ2v) is 4.39. The average Bonchev–Trinajstić information content (AvgIpc) is 2.25. The van der Waals surface area contributed by atoms with Crippen molar-refractivity contribution in [2.24, 2.45) is 11.0 Å². The monoisotopic (exact) mass is 210 g/mol. The van der Waals surface area contributed by atoms with Gasteiger partial charge in [0.05, 0.1) is 0 Å². The number of carbonyl (C=O) groups is 1. The molecular formula is C12H22N2O. The number of nitrogens with zero attached hydrogens (tertiary/aromatic N) is 1. The van der Waals surface area contributed by atoms with Crippen molar-refractivity contribution in [3.05, 3.63) is 0 Å². The van der Waals surface area contributed by atoms with Gasteiger partial charge >= 0.3 is 0 Å². The van der Waals surface area contributed by atoms with E-state index in [2.05, 4.69) is 24.4 Å². The lowest BCUT2D eigenvalue weighted by atomic mass is 9.89. The van der Waals surface area contributed by atoms with Crippen molar-refractivity contribution >= 4 is 11.6 Å².